The van der Waals surface area contributed by atoms with Crippen molar-refractivity contribution in [2.24, 2.45) is 0 Å². The molecular weight excluding hydrogens is 165 g/mol. The van der Waals surface area contributed by atoms with E-state index in [1.807, 2.05) is 0 Å². The molecule has 0 fully saturated rings. The van der Waals surface area contributed by atoms with Crippen LogP contribution < -0.4 is 0 Å². The standard InChI is InChI=1S/FH.Li.Mg.Na.H4O4Si.4H/c;;;;1-5(2,3)4;;;;/h1H;;;;1-4H;;;;. The van der Waals surface area contributed by atoms with Crippen molar-refractivity contribution in [3.8, 4) is 0 Å². The molecule has 0 atom stereocenters. The molecule has 0 aliphatic carbocycles. The van der Waals surface area contributed by atoms with Crippen LogP contribution in [0.2, 0.25) is 0 Å². The molecule has 0 bridgehead atoms. The van der Waals surface area contributed by atoms with Gasteiger partial charge in [-0.2, -0.15) is 0 Å². The molecule has 9 heavy (non-hydrogen) atoms. The van der Waals surface area contributed by atoms with E-state index in [2.05, 4.69) is 0 Å². The fourth-order valence-corrected chi connectivity index (χ4v) is 0. The summed E-state index contributed by atoms with van der Waals surface area (Å²) >= 11 is 0. The molecule has 0 aliphatic heterocycles. The minimum atomic E-state index is -4.61. The Morgan fingerprint density at radius 2 is 0.889 bits per heavy atom. The summed E-state index contributed by atoms with van der Waals surface area (Å²) in [5, 5.41) is 0. The third kappa shape index (κ3) is 131. The summed E-state index contributed by atoms with van der Waals surface area (Å²) in [7, 11) is -4.61. The van der Waals surface area contributed by atoms with Crippen LogP contribution in [0.5, 0.6) is 0 Å². The molecule has 0 rings (SSSR count). The fourth-order valence-electron chi connectivity index (χ4n) is 0. The predicted octanol–water partition coefficient (Wildman–Crippen LogP) is -4.67. The fraction of sp³-hybridized carbons (Fsp3) is 0. The Labute approximate surface area is 103 Å². The zero-order valence-electron chi connectivity index (χ0n) is 2.70. The van der Waals surface area contributed by atoms with Crippen molar-refractivity contribution in [1.82, 2.24) is 0 Å². The first-order chi connectivity index (χ1) is 2.00. The Bertz CT molecular complexity index is 36.0. The van der Waals surface area contributed by atoms with E-state index in [1.165, 1.54) is 0 Å². The summed E-state index contributed by atoms with van der Waals surface area (Å²) in [5.41, 5.74) is 0. The van der Waals surface area contributed by atoms with Gasteiger partial charge in [0.2, 0.25) is 0 Å². The van der Waals surface area contributed by atoms with E-state index in [-0.39, 0.29) is 76.2 Å². The summed E-state index contributed by atoms with van der Waals surface area (Å²) in [5.74, 6) is 0. The first-order valence-electron chi connectivity index (χ1n) is 0.894. The van der Waals surface area contributed by atoms with Crippen molar-refractivity contribution < 1.29 is 23.9 Å². The second-order valence-electron chi connectivity index (χ2n) is 0.600. The maximum absolute atomic E-state index is 7.33. The Kier molecular flexibility index (Phi) is 43.5. The third-order valence-corrected chi connectivity index (χ3v) is 0. The summed E-state index contributed by atoms with van der Waals surface area (Å²) in [6, 6.07) is 0. The van der Waals surface area contributed by atoms with Crippen LogP contribution in [0.1, 0.15) is 0 Å². The van der Waals surface area contributed by atoms with E-state index in [1.54, 1.807) is 0 Å². The van der Waals surface area contributed by atoms with Crippen molar-refractivity contribution in [3.05, 3.63) is 0 Å². The molecule has 0 aromatic carbocycles. The number of halogens is 1. The van der Waals surface area contributed by atoms with Gasteiger partial charge in [-0.25, -0.2) is 0 Å². The molecule has 0 radical (unpaired) electrons. The van der Waals surface area contributed by atoms with Gasteiger partial charge >= 0.3 is 80.5 Å². The van der Waals surface area contributed by atoms with Crippen LogP contribution >= 0.6 is 0 Å². The minimum absolute atomic E-state index is 0. The average Bonchev–Trinajstić information content (AvgIpc) is 0.722. The van der Waals surface area contributed by atoms with E-state index in [9.17, 15) is 0 Å². The second kappa shape index (κ2) is 13.0. The van der Waals surface area contributed by atoms with Crippen LogP contribution in [0, 0.1) is 0 Å². The Morgan fingerprint density at radius 1 is 0.889 bits per heavy atom. The van der Waals surface area contributed by atoms with Gasteiger partial charge < -0.3 is 19.2 Å². The quantitative estimate of drug-likeness (QED) is 0.278. The van der Waals surface area contributed by atoms with Gasteiger partial charge in [0.1, 0.15) is 0 Å². The molecule has 0 aliphatic rings. The number of hydrogen-bond acceptors (Lipinski definition) is 4. The van der Waals surface area contributed by atoms with Crippen LogP contribution in [0.15, 0.2) is 0 Å². The topological polar surface area (TPSA) is 80.9 Å². The van der Waals surface area contributed by atoms with Crippen molar-refractivity contribution in [2.75, 3.05) is 0 Å². The van der Waals surface area contributed by atoms with Gasteiger partial charge in [-0.3, -0.25) is 4.70 Å². The van der Waals surface area contributed by atoms with E-state index >= 15 is 0 Å². The Balaban J connectivity index is -0.0000000133. The molecule has 9 heteroatoms. The SMILES string of the molecule is F.O[Si](O)(O)O.[LiH].[MgH2].[NaH]. The molecule has 0 aromatic rings. The van der Waals surface area contributed by atoms with Crippen LogP contribution in [0.25, 0.3) is 0 Å². The Morgan fingerprint density at radius 3 is 0.889 bits per heavy atom. The van der Waals surface area contributed by atoms with Crippen LogP contribution in [0.3, 0.4) is 0 Å². The third-order valence-electron chi connectivity index (χ3n) is 0. The molecule has 0 saturated heterocycles. The van der Waals surface area contributed by atoms with Crippen molar-refractivity contribution in [1.29, 1.82) is 0 Å². The van der Waals surface area contributed by atoms with Gasteiger partial charge in [0.15, 0.2) is 0 Å². The molecule has 0 saturated carbocycles. The first-order valence-corrected chi connectivity index (χ1v) is 2.68. The molecule has 4 N–H and O–H groups in total. The van der Waals surface area contributed by atoms with Gasteiger partial charge in [0.25, 0.3) is 0 Å². The van der Waals surface area contributed by atoms with Gasteiger partial charge in [-0.1, -0.05) is 0 Å². The number of rotatable bonds is 0. The van der Waals surface area contributed by atoms with E-state index in [4.69, 9.17) is 19.2 Å². The van der Waals surface area contributed by atoms with Crippen molar-refractivity contribution >= 4 is 80.5 Å². The normalized spacial score (nSPS) is 6.67. The van der Waals surface area contributed by atoms with E-state index < -0.39 is 9.05 Å². The molecule has 0 spiro atoms. The van der Waals surface area contributed by atoms with E-state index in [0.717, 1.165) is 0 Å². The van der Waals surface area contributed by atoms with Crippen molar-refractivity contribution in [2.45, 2.75) is 0 Å². The summed E-state index contributed by atoms with van der Waals surface area (Å²) in [6.07, 6.45) is 0. The molecule has 4 nitrogen and oxygen atoms in total. The van der Waals surface area contributed by atoms with Gasteiger partial charge in [0.05, 0.1) is 0 Å². The summed E-state index contributed by atoms with van der Waals surface area (Å²) < 4.78 is 0. The molecule has 0 heterocycles. The molecular formula is H9FLiMgNaO4Si. The van der Waals surface area contributed by atoms with Crippen LogP contribution in [0.4, 0.5) is 4.70 Å². The van der Waals surface area contributed by atoms with Crippen LogP contribution in [-0.4, -0.2) is 99.7 Å². The number of hydrogen-bond donors (Lipinski definition) is 4. The molecule has 48 valence electrons. The predicted molar refractivity (Wildman–Crippen MR) is 40.0 cm³/mol. The van der Waals surface area contributed by atoms with Gasteiger partial charge in [0, 0.05) is 0 Å². The van der Waals surface area contributed by atoms with Gasteiger partial charge in [-0.15, -0.1) is 0 Å². The van der Waals surface area contributed by atoms with E-state index in [0.29, 0.717) is 0 Å². The zero-order valence-corrected chi connectivity index (χ0v) is 3.70. The monoisotopic (exact) mass is 174 g/mol. The zero-order chi connectivity index (χ0) is 4.50. The molecule has 0 amide bonds. The maximum atomic E-state index is 7.33. The average molecular weight is 174 g/mol. The molecule has 0 unspecified atom stereocenters. The van der Waals surface area contributed by atoms with Crippen molar-refractivity contribution in [3.63, 3.8) is 0 Å². The summed E-state index contributed by atoms with van der Waals surface area (Å²) in [4.78, 5) is 29.3. The summed E-state index contributed by atoms with van der Waals surface area (Å²) in [6.45, 7) is 0. The second-order valence-corrected chi connectivity index (χ2v) is 1.80. The molecule has 0 aromatic heterocycles. The van der Waals surface area contributed by atoms with Crippen LogP contribution in [-0.2, 0) is 0 Å². The first kappa shape index (κ1) is 30.2. The van der Waals surface area contributed by atoms with Gasteiger partial charge in [-0.05, 0) is 0 Å². The Hall–Kier alpha value is 2.35.